The lowest BCUT2D eigenvalue weighted by Gasteiger charge is -2.57. The second-order valence-corrected chi connectivity index (χ2v) is 9.98. The smallest absolute Gasteiger partial charge is 0.180 e. The molecule has 4 fully saturated rings. The lowest BCUT2D eigenvalue weighted by molar-refractivity contribution is -0.0206. The first kappa shape index (κ1) is 20.1. The van der Waals surface area contributed by atoms with E-state index in [9.17, 15) is 4.39 Å². The minimum absolute atomic E-state index is 0.259. The predicted molar refractivity (Wildman–Crippen MR) is 116 cm³/mol. The summed E-state index contributed by atoms with van der Waals surface area (Å²) in [4.78, 5) is 0. The molecule has 4 aliphatic rings. The summed E-state index contributed by atoms with van der Waals surface area (Å²) in [5.41, 5.74) is 2.30. The topological polar surface area (TPSA) is 30.5 Å². The van der Waals surface area contributed by atoms with Crippen molar-refractivity contribution >= 4 is 11.6 Å². The van der Waals surface area contributed by atoms with Crippen LogP contribution in [0.1, 0.15) is 49.7 Å². The van der Waals surface area contributed by atoms with Crippen molar-refractivity contribution in [2.24, 2.45) is 17.8 Å². The fourth-order valence-electron chi connectivity index (χ4n) is 6.37. The number of hydrogen-bond acceptors (Lipinski definition) is 3. The minimum Gasteiger partial charge on any atom is -0.493 e. The largest absolute Gasteiger partial charge is 0.493 e. The van der Waals surface area contributed by atoms with E-state index in [2.05, 4.69) is 5.32 Å². The zero-order valence-corrected chi connectivity index (χ0v) is 18.2. The maximum Gasteiger partial charge on any atom is 0.180 e. The van der Waals surface area contributed by atoms with E-state index in [-0.39, 0.29) is 5.82 Å². The Hall–Kier alpha value is -1.78. The third-order valence-corrected chi connectivity index (χ3v) is 7.57. The number of hydrogen-bond donors (Lipinski definition) is 1. The second-order valence-electron chi connectivity index (χ2n) is 9.58. The van der Waals surface area contributed by atoms with Gasteiger partial charge in [0.2, 0.25) is 0 Å². The van der Waals surface area contributed by atoms with E-state index in [0.29, 0.717) is 28.7 Å². The number of halogens is 2. The number of rotatable bonds is 7. The van der Waals surface area contributed by atoms with Gasteiger partial charge in [-0.25, -0.2) is 4.39 Å². The quantitative estimate of drug-likeness (QED) is 0.574. The highest BCUT2D eigenvalue weighted by atomic mass is 35.5. The molecule has 1 N–H and O–H groups in total. The van der Waals surface area contributed by atoms with Crippen molar-refractivity contribution in [3.05, 3.63) is 58.4 Å². The lowest BCUT2D eigenvalue weighted by Crippen LogP contribution is -2.58. The molecule has 0 radical (unpaired) electrons. The Balaban J connectivity index is 1.27. The summed E-state index contributed by atoms with van der Waals surface area (Å²) in [7, 11) is 1.63. The van der Waals surface area contributed by atoms with Crippen LogP contribution in [0, 0.1) is 23.6 Å². The van der Waals surface area contributed by atoms with Gasteiger partial charge in [0.25, 0.3) is 0 Å². The highest BCUT2D eigenvalue weighted by Gasteiger charge is 2.50. The fraction of sp³-hybridized carbons (Fsp3) is 0.520. The maximum atomic E-state index is 13.1. The second kappa shape index (κ2) is 8.05. The molecule has 0 unspecified atom stereocenters. The Kier molecular flexibility index (Phi) is 5.40. The van der Waals surface area contributed by atoms with E-state index >= 15 is 0 Å². The molecule has 0 saturated heterocycles. The van der Waals surface area contributed by atoms with Gasteiger partial charge in [0.1, 0.15) is 12.4 Å². The maximum absolute atomic E-state index is 13.1. The molecule has 3 nitrogen and oxygen atoms in total. The Morgan fingerprint density at radius 2 is 1.63 bits per heavy atom. The van der Waals surface area contributed by atoms with Gasteiger partial charge in [-0.05, 0) is 91.7 Å². The Morgan fingerprint density at radius 1 is 1.00 bits per heavy atom. The molecule has 0 amide bonds. The van der Waals surface area contributed by atoms with Crippen LogP contribution in [0.2, 0.25) is 5.02 Å². The summed E-state index contributed by atoms with van der Waals surface area (Å²) in [6.45, 7) is 1.10. The van der Waals surface area contributed by atoms with Gasteiger partial charge in [-0.2, -0.15) is 0 Å². The van der Waals surface area contributed by atoms with E-state index in [1.807, 2.05) is 12.1 Å². The summed E-state index contributed by atoms with van der Waals surface area (Å²) >= 11 is 6.57. The number of ether oxygens (including phenoxy) is 2. The van der Waals surface area contributed by atoms with E-state index in [1.54, 1.807) is 19.2 Å². The Labute approximate surface area is 182 Å². The highest BCUT2D eigenvalue weighted by molar-refractivity contribution is 6.32. The molecule has 0 aliphatic heterocycles. The van der Waals surface area contributed by atoms with Gasteiger partial charge in [0.15, 0.2) is 11.5 Å². The van der Waals surface area contributed by atoms with Crippen LogP contribution in [0.15, 0.2) is 36.4 Å². The molecule has 30 heavy (non-hydrogen) atoms. The average molecular weight is 430 g/mol. The SMILES string of the molecule is COc1cc(CNC23CC4CC(CC(C4)C2)C3)cc(Cl)c1OCc1ccc(F)cc1. The monoisotopic (exact) mass is 429 g/mol. The molecule has 4 saturated carbocycles. The van der Waals surface area contributed by atoms with E-state index in [4.69, 9.17) is 21.1 Å². The summed E-state index contributed by atoms with van der Waals surface area (Å²) in [5.74, 6) is 3.66. The predicted octanol–water partition coefficient (Wildman–Crippen LogP) is 6.13. The van der Waals surface area contributed by atoms with Gasteiger partial charge in [-0.1, -0.05) is 23.7 Å². The molecule has 0 spiro atoms. The zero-order valence-electron chi connectivity index (χ0n) is 17.4. The fourth-order valence-corrected chi connectivity index (χ4v) is 6.66. The lowest BCUT2D eigenvalue weighted by atomic mass is 9.53. The van der Waals surface area contributed by atoms with Gasteiger partial charge in [0.05, 0.1) is 12.1 Å². The van der Waals surface area contributed by atoms with Crippen LogP contribution in [0.3, 0.4) is 0 Å². The van der Waals surface area contributed by atoms with Crippen LogP contribution in [0.25, 0.3) is 0 Å². The molecule has 0 atom stereocenters. The normalized spacial score (nSPS) is 29.2. The third kappa shape index (κ3) is 4.04. The Bertz CT molecular complexity index is 879. The molecule has 2 aromatic carbocycles. The molecule has 0 heterocycles. The molecule has 2 aromatic rings. The molecule has 0 aromatic heterocycles. The minimum atomic E-state index is -0.259. The summed E-state index contributed by atoms with van der Waals surface area (Å²) < 4.78 is 24.6. The molecule has 4 bridgehead atoms. The van der Waals surface area contributed by atoms with Crippen molar-refractivity contribution in [2.75, 3.05) is 7.11 Å². The average Bonchev–Trinajstić information content (AvgIpc) is 2.71. The molecule has 160 valence electrons. The van der Waals surface area contributed by atoms with Crippen LogP contribution < -0.4 is 14.8 Å². The zero-order chi connectivity index (χ0) is 20.7. The van der Waals surface area contributed by atoms with Crippen molar-refractivity contribution in [3.8, 4) is 11.5 Å². The van der Waals surface area contributed by atoms with E-state index in [1.165, 1.54) is 50.7 Å². The van der Waals surface area contributed by atoms with Crippen molar-refractivity contribution in [1.82, 2.24) is 5.32 Å². The first-order valence-electron chi connectivity index (χ1n) is 11.0. The summed E-state index contributed by atoms with van der Waals surface area (Å²) in [6, 6.07) is 10.3. The van der Waals surface area contributed by atoms with Crippen molar-refractivity contribution in [1.29, 1.82) is 0 Å². The van der Waals surface area contributed by atoms with Crippen LogP contribution in [0.5, 0.6) is 11.5 Å². The van der Waals surface area contributed by atoms with Gasteiger partial charge >= 0.3 is 0 Å². The first-order valence-corrected chi connectivity index (χ1v) is 11.4. The molecular formula is C25H29ClFNO2. The number of methoxy groups -OCH3 is 1. The van der Waals surface area contributed by atoms with E-state index in [0.717, 1.165) is 35.4 Å². The van der Waals surface area contributed by atoms with Gasteiger partial charge in [0, 0.05) is 12.1 Å². The van der Waals surface area contributed by atoms with Gasteiger partial charge in [-0.3, -0.25) is 0 Å². The summed E-state index contributed by atoms with van der Waals surface area (Å²) in [6.07, 6.45) is 8.30. The molecule has 4 aliphatic carbocycles. The first-order chi connectivity index (χ1) is 14.5. The van der Waals surface area contributed by atoms with Gasteiger partial charge in [-0.15, -0.1) is 0 Å². The molecular weight excluding hydrogens is 401 g/mol. The molecule has 5 heteroatoms. The standard InChI is InChI=1S/C25H29ClFNO2/c1-29-23-10-20(9-22(26)24(23)30-15-16-2-4-21(27)5-3-16)14-28-25-11-17-6-18(12-25)8-19(7-17)13-25/h2-5,9-10,17-19,28H,6-8,11-15H2,1H3. The Morgan fingerprint density at radius 3 is 2.23 bits per heavy atom. The third-order valence-electron chi connectivity index (χ3n) is 7.29. The van der Waals surface area contributed by atoms with Crippen LogP contribution >= 0.6 is 11.6 Å². The number of nitrogens with one attached hydrogen (secondary N) is 1. The van der Waals surface area contributed by atoms with Crippen LogP contribution in [-0.2, 0) is 13.2 Å². The van der Waals surface area contributed by atoms with Gasteiger partial charge < -0.3 is 14.8 Å². The summed E-state index contributed by atoms with van der Waals surface area (Å²) in [5, 5.41) is 4.45. The van der Waals surface area contributed by atoms with Crippen molar-refractivity contribution in [3.63, 3.8) is 0 Å². The van der Waals surface area contributed by atoms with Crippen molar-refractivity contribution < 1.29 is 13.9 Å². The van der Waals surface area contributed by atoms with E-state index < -0.39 is 0 Å². The van der Waals surface area contributed by atoms with Crippen LogP contribution in [-0.4, -0.2) is 12.6 Å². The molecule has 6 rings (SSSR count). The van der Waals surface area contributed by atoms with Crippen molar-refractivity contribution in [2.45, 2.75) is 57.2 Å². The van der Waals surface area contributed by atoms with Crippen LogP contribution in [0.4, 0.5) is 4.39 Å². The number of benzene rings is 2. The highest BCUT2D eigenvalue weighted by Crippen LogP contribution is 2.55.